The van der Waals surface area contributed by atoms with E-state index in [0.29, 0.717) is 0 Å². The van der Waals surface area contributed by atoms with Gasteiger partial charge in [-0.15, -0.1) is 0 Å². The minimum Gasteiger partial charge on any atom is -0.374 e. The Morgan fingerprint density at radius 3 is 2.29 bits per heavy atom. The number of carbonyl (C=O) groups excluding carboxylic acids is 1. The summed E-state index contributed by atoms with van der Waals surface area (Å²) in [6.45, 7) is 1.44. The topological polar surface area (TPSA) is 26.3 Å². The lowest BCUT2D eigenvalue weighted by Crippen LogP contribution is -2.21. The Kier molecular flexibility index (Phi) is 3.30. The molecule has 0 aromatic heterocycles. The van der Waals surface area contributed by atoms with Crippen LogP contribution in [0, 0.1) is 11.6 Å². The third-order valence-electron chi connectivity index (χ3n) is 1.93. The Labute approximate surface area is 80.5 Å². The third-order valence-corrected chi connectivity index (χ3v) is 1.93. The summed E-state index contributed by atoms with van der Waals surface area (Å²) in [5.41, 5.74) is -0.540. The van der Waals surface area contributed by atoms with Gasteiger partial charge in [0.15, 0.2) is 5.78 Å². The van der Waals surface area contributed by atoms with Crippen molar-refractivity contribution >= 4 is 5.78 Å². The highest BCUT2D eigenvalue weighted by Gasteiger charge is 2.21. The number of hydrogen-bond acceptors (Lipinski definition) is 2. The van der Waals surface area contributed by atoms with E-state index in [1.165, 1.54) is 20.1 Å². The molecule has 0 saturated carbocycles. The average Bonchev–Trinajstić information content (AvgIpc) is 2.16. The zero-order valence-electron chi connectivity index (χ0n) is 7.88. The lowest BCUT2D eigenvalue weighted by atomic mass is 10.1. The summed E-state index contributed by atoms with van der Waals surface area (Å²) in [5.74, 6) is -2.42. The molecule has 0 heterocycles. The molecule has 0 radical (unpaired) electrons. The summed E-state index contributed by atoms with van der Waals surface area (Å²) < 4.78 is 30.9. The van der Waals surface area contributed by atoms with Crippen LogP contribution in [0.4, 0.5) is 8.78 Å². The molecular formula is C10H10F2O2. The monoisotopic (exact) mass is 200 g/mol. The lowest BCUT2D eigenvalue weighted by molar-refractivity contribution is 0.0647. The van der Waals surface area contributed by atoms with Gasteiger partial charge in [-0.3, -0.25) is 4.79 Å². The van der Waals surface area contributed by atoms with E-state index >= 15 is 0 Å². The van der Waals surface area contributed by atoms with Crippen LogP contribution in [0.2, 0.25) is 0 Å². The Balaban J connectivity index is 3.12. The fourth-order valence-corrected chi connectivity index (χ4v) is 1.04. The highest BCUT2D eigenvalue weighted by atomic mass is 19.1. The molecule has 1 unspecified atom stereocenters. The number of ketones is 1. The van der Waals surface area contributed by atoms with Crippen LogP contribution < -0.4 is 0 Å². The molecular weight excluding hydrogens is 190 g/mol. The van der Waals surface area contributed by atoms with Crippen LogP contribution in [0.1, 0.15) is 17.3 Å². The summed E-state index contributed by atoms with van der Waals surface area (Å²) in [7, 11) is 1.31. The van der Waals surface area contributed by atoms with Crippen molar-refractivity contribution in [2.45, 2.75) is 13.0 Å². The summed E-state index contributed by atoms with van der Waals surface area (Å²) in [6.07, 6.45) is -0.846. The molecule has 0 aliphatic rings. The van der Waals surface area contributed by atoms with Crippen LogP contribution >= 0.6 is 0 Å². The molecule has 1 rings (SSSR count). The first kappa shape index (κ1) is 10.8. The molecule has 0 aliphatic carbocycles. The minimum absolute atomic E-state index is 0.540. The van der Waals surface area contributed by atoms with Crippen molar-refractivity contribution in [1.82, 2.24) is 0 Å². The lowest BCUT2D eigenvalue weighted by Gasteiger charge is -2.09. The summed E-state index contributed by atoms with van der Waals surface area (Å²) in [5, 5.41) is 0. The van der Waals surface area contributed by atoms with Crippen molar-refractivity contribution in [3.63, 3.8) is 0 Å². The van der Waals surface area contributed by atoms with Crippen LogP contribution in [0.3, 0.4) is 0 Å². The smallest absolute Gasteiger partial charge is 0.197 e. The number of carbonyl (C=O) groups is 1. The quantitative estimate of drug-likeness (QED) is 0.699. The van der Waals surface area contributed by atoms with Gasteiger partial charge in [-0.05, 0) is 19.1 Å². The van der Waals surface area contributed by atoms with Gasteiger partial charge >= 0.3 is 0 Å². The molecule has 1 aromatic carbocycles. The standard InChI is InChI=1S/C10H10F2O2/c1-6(14-2)10(13)9-7(11)4-3-5-8(9)12/h3-6H,1-2H3. The average molecular weight is 200 g/mol. The van der Waals surface area contributed by atoms with Crippen LogP contribution in [-0.2, 0) is 4.74 Å². The molecule has 0 N–H and O–H groups in total. The number of methoxy groups -OCH3 is 1. The molecule has 1 atom stereocenters. The van der Waals surface area contributed by atoms with E-state index in [2.05, 4.69) is 0 Å². The molecule has 76 valence electrons. The molecule has 0 amide bonds. The van der Waals surface area contributed by atoms with Crippen molar-refractivity contribution in [3.8, 4) is 0 Å². The zero-order valence-corrected chi connectivity index (χ0v) is 7.88. The predicted octanol–water partition coefficient (Wildman–Crippen LogP) is 2.18. The molecule has 14 heavy (non-hydrogen) atoms. The number of hydrogen-bond donors (Lipinski definition) is 0. The van der Waals surface area contributed by atoms with Gasteiger partial charge in [0.2, 0.25) is 0 Å². The second-order valence-corrected chi connectivity index (χ2v) is 2.84. The zero-order chi connectivity index (χ0) is 10.7. The number of ether oxygens (including phenoxy) is 1. The highest BCUT2D eigenvalue weighted by Crippen LogP contribution is 2.14. The summed E-state index contributed by atoms with van der Waals surface area (Å²) in [6, 6.07) is 3.29. The first-order valence-corrected chi connectivity index (χ1v) is 4.09. The predicted molar refractivity (Wildman–Crippen MR) is 47.2 cm³/mol. The number of Topliss-reactive ketones (excluding diaryl/α,β-unsaturated/α-hetero) is 1. The van der Waals surface area contributed by atoms with Gasteiger partial charge in [-0.2, -0.15) is 0 Å². The van der Waals surface area contributed by atoms with E-state index in [9.17, 15) is 13.6 Å². The molecule has 0 saturated heterocycles. The van der Waals surface area contributed by atoms with Gasteiger partial charge in [0.1, 0.15) is 17.7 Å². The second-order valence-electron chi connectivity index (χ2n) is 2.84. The number of rotatable bonds is 3. The fraction of sp³-hybridized carbons (Fsp3) is 0.300. The fourth-order valence-electron chi connectivity index (χ4n) is 1.04. The van der Waals surface area contributed by atoms with Gasteiger partial charge < -0.3 is 4.74 Å². The summed E-state index contributed by atoms with van der Waals surface area (Å²) in [4.78, 5) is 11.4. The van der Waals surface area contributed by atoms with Crippen molar-refractivity contribution in [2.24, 2.45) is 0 Å². The van der Waals surface area contributed by atoms with Crippen LogP contribution in [0.25, 0.3) is 0 Å². The van der Waals surface area contributed by atoms with E-state index in [0.717, 1.165) is 12.1 Å². The van der Waals surface area contributed by atoms with Crippen LogP contribution in [-0.4, -0.2) is 19.0 Å². The number of benzene rings is 1. The van der Waals surface area contributed by atoms with E-state index in [-0.39, 0.29) is 0 Å². The third kappa shape index (κ3) is 1.96. The van der Waals surface area contributed by atoms with Crippen LogP contribution in [0.15, 0.2) is 18.2 Å². The van der Waals surface area contributed by atoms with Crippen LogP contribution in [0.5, 0.6) is 0 Å². The molecule has 4 heteroatoms. The van der Waals surface area contributed by atoms with Gasteiger partial charge in [0, 0.05) is 7.11 Å². The largest absolute Gasteiger partial charge is 0.374 e. The molecule has 2 nitrogen and oxygen atoms in total. The molecule has 0 spiro atoms. The van der Waals surface area contributed by atoms with Gasteiger partial charge in [0.05, 0.1) is 5.56 Å². The number of halogens is 2. The Morgan fingerprint density at radius 2 is 1.86 bits per heavy atom. The molecule has 0 fully saturated rings. The second kappa shape index (κ2) is 4.28. The minimum atomic E-state index is -0.862. The Hall–Kier alpha value is -1.29. The Bertz CT molecular complexity index is 330. The SMILES string of the molecule is COC(C)C(=O)c1c(F)cccc1F. The summed E-state index contributed by atoms with van der Waals surface area (Å²) >= 11 is 0. The first-order valence-electron chi connectivity index (χ1n) is 4.09. The van der Waals surface area contributed by atoms with Crippen molar-refractivity contribution in [1.29, 1.82) is 0 Å². The van der Waals surface area contributed by atoms with Crippen molar-refractivity contribution in [3.05, 3.63) is 35.4 Å². The maximum absolute atomic E-state index is 13.1. The maximum atomic E-state index is 13.1. The molecule has 0 aliphatic heterocycles. The van der Waals surface area contributed by atoms with E-state index < -0.39 is 29.1 Å². The van der Waals surface area contributed by atoms with Crippen molar-refractivity contribution in [2.75, 3.05) is 7.11 Å². The van der Waals surface area contributed by atoms with Gasteiger partial charge in [-0.25, -0.2) is 8.78 Å². The van der Waals surface area contributed by atoms with E-state index in [4.69, 9.17) is 4.74 Å². The molecule has 0 bridgehead atoms. The molecule has 1 aromatic rings. The maximum Gasteiger partial charge on any atom is 0.197 e. The van der Waals surface area contributed by atoms with Gasteiger partial charge in [-0.1, -0.05) is 6.07 Å². The van der Waals surface area contributed by atoms with E-state index in [1.807, 2.05) is 0 Å². The van der Waals surface area contributed by atoms with Crippen molar-refractivity contribution < 1.29 is 18.3 Å². The first-order chi connectivity index (χ1) is 6.57. The highest BCUT2D eigenvalue weighted by molar-refractivity contribution is 5.99. The van der Waals surface area contributed by atoms with Gasteiger partial charge in [0.25, 0.3) is 0 Å². The van der Waals surface area contributed by atoms with E-state index in [1.54, 1.807) is 0 Å². The normalized spacial score (nSPS) is 12.6. The Morgan fingerprint density at radius 1 is 1.36 bits per heavy atom.